The van der Waals surface area contributed by atoms with Crippen LogP contribution in [0.25, 0.3) is 0 Å². The first-order valence-electron chi connectivity index (χ1n) is 5.10. The zero-order valence-electron chi connectivity index (χ0n) is 7.55. The molecule has 0 N–H and O–H groups in total. The van der Waals surface area contributed by atoms with Crippen molar-refractivity contribution >= 4 is 0 Å². The van der Waals surface area contributed by atoms with Gasteiger partial charge in [0.1, 0.15) is 0 Å². The Morgan fingerprint density at radius 3 is 2.50 bits per heavy atom. The Labute approximate surface area is 64.8 Å². The van der Waals surface area contributed by atoms with Crippen LogP contribution in [0.1, 0.15) is 39.9 Å². The molecule has 58 valence electrons. The Morgan fingerprint density at radius 2 is 1.90 bits per heavy atom. The van der Waals surface area contributed by atoms with E-state index in [9.17, 15) is 0 Å². The lowest BCUT2D eigenvalue weighted by Crippen LogP contribution is -2.29. The molecule has 1 unspecified atom stereocenters. The maximum absolute atomic E-state index is 7.58. The van der Waals surface area contributed by atoms with Crippen molar-refractivity contribution in [3.63, 3.8) is 0 Å². The van der Waals surface area contributed by atoms with Gasteiger partial charge in [-0.05, 0) is 38.7 Å². The topological polar surface area (TPSA) is 3.24 Å². The van der Waals surface area contributed by atoms with E-state index in [0.717, 1.165) is 19.0 Å². The molecule has 1 aliphatic carbocycles. The van der Waals surface area contributed by atoms with Gasteiger partial charge in [0.25, 0.3) is 0 Å². The number of likely N-dealkylation sites (tertiary alicyclic amines) is 1. The van der Waals surface area contributed by atoms with Crippen molar-refractivity contribution in [2.45, 2.75) is 44.5 Å². The molecular formula is C9H17N. The van der Waals surface area contributed by atoms with Crippen molar-refractivity contribution in [3.05, 3.63) is 0 Å². The Balaban J connectivity index is 1.85. The molecule has 1 heteroatoms. The molecule has 2 rings (SSSR count). The fourth-order valence-corrected chi connectivity index (χ4v) is 2.21. The number of rotatable bonds is 1. The molecular weight excluding hydrogens is 122 g/mol. The van der Waals surface area contributed by atoms with Gasteiger partial charge in [-0.25, -0.2) is 0 Å². The third kappa shape index (κ3) is 1.20. The van der Waals surface area contributed by atoms with Crippen LogP contribution >= 0.6 is 0 Å². The summed E-state index contributed by atoms with van der Waals surface area (Å²) in [7, 11) is 0. The molecule has 1 nitrogen and oxygen atoms in total. The standard InChI is InChI=1S/C9H17N/c1-2-6-9(5-1)10-7-3-4-8-10/h9H,1-8H2/i3D. The van der Waals surface area contributed by atoms with E-state index in [1.165, 1.54) is 32.2 Å². The van der Waals surface area contributed by atoms with Crippen LogP contribution in [0.2, 0.25) is 0 Å². The van der Waals surface area contributed by atoms with Gasteiger partial charge in [0.15, 0.2) is 0 Å². The van der Waals surface area contributed by atoms with Gasteiger partial charge in [-0.15, -0.1) is 0 Å². The Kier molecular flexibility index (Phi) is 1.63. The highest BCUT2D eigenvalue weighted by Crippen LogP contribution is 2.25. The van der Waals surface area contributed by atoms with E-state index in [1.807, 2.05) is 0 Å². The van der Waals surface area contributed by atoms with Crippen LogP contribution < -0.4 is 0 Å². The minimum absolute atomic E-state index is 0.218. The highest BCUT2D eigenvalue weighted by atomic mass is 15.2. The van der Waals surface area contributed by atoms with E-state index in [-0.39, 0.29) is 6.40 Å². The molecule has 0 aromatic rings. The molecule has 2 aliphatic rings. The lowest BCUT2D eigenvalue weighted by Gasteiger charge is -2.22. The number of hydrogen-bond acceptors (Lipinski definition) is 1. The molecule has 0 aromatic heterocycles. The van der Waals surface area contributed by atoms with E-state index in [1.54, 1.807) is 0 Å². The second-order valence-electron chi connectivity index (χ2n) is 3.51. The van der Waals surface area contributed by atoms with E-state index in [2.05, 4.69) is 4.90 Å². The van der Waals surface area contributed by atoms with E-state index >= 15 is 0 Å². The molecule has 0 bridgehead atoms. The summed E-state index contributed by atoms with van der Waals surface area (Å²) < 4.78 is 7.58. The average Bonchev–Trinajstić information content (AvgIpc) is 2.55. The molecule has 1 aliphatic heterocycles. The minimum Gasteiger partial charge on any atom is -0.300 e. The van der Waals surface area contributed by atoms with Crippen molar-refractivity contribution in [1.29, 1.82) is 0 Å². The summed E-state index contributed by atoms with van der Waals surface area (Å²) in [6.45, 7) is 2.24. The van der Waals surface area contributed by atoms with Crippen molar-refractivity contribution in [2.75, 3.05) is 13.1 Å². The fourth-order valence-electron chi connectivity index (χ4n) is 2.21. The summed E-state index contributed by atoms with van der Waals surface area (Å²) in [6, 6.07) is 0.852. The van der Waals surface area contributed by atoms with Gasteiger partial charge in [0, 0.05) is 7.41 Å². The Hall–Kier alpha value is -0.0400. The van der Waals surface area contributed by atoms with Crippen molar-refractivity contribution in [2.24, 2.45) is 0 Å². The lowest BCUT2D eigenvalue weighted by molar-refractivity contribution is 0.246. The molecule has 1 heterocycles. The lowest BCUT2D eigenvalue weighted by atomic mass is 10.2. The van der Waals surface area contributed by atoms with Crippen LogP contribution in [0.5, 0.6) is 0 Å². The molecule has 0 spiro atoms. The summed E-state index contributed by atoms with van der Waals surface area (Å²) in [6.07, 6.45) is 6.96. The van der Waals surface area contributed by atoms with Gasteiger partial charge in [-0.3, -0.25) is 0 Å². The Bertz CT molecular complexity index is 132. The van der Waals surface area contributed by atoms with Crippen LogP contribution in [0.15, 0.2) is 0 Å². The maximum Gasteiger partial charge on any atom is 0.0280 e. The second kappa shape index (κ2) is 2.91. The first kappa shape index (κ1) is 5.59. The van der Waals surface area contributed by atoms with Crippen LogP contribution in [0, 0.1) is 0 Å². The number of hydrogen-bond donors (Lipinski definition) is 0. The first-order chi connectivity index (χ1) is 5.36. The van der Waals surface area contributed by atoms with Crippen LogP contribution in [0.3, 0.4) is 0 Å². The molecule has 0 amide bonds. The maximum atomic E-state index is 7.58. The average molecular weight is 140 g/mol. The predicted molar refractivity (Wildman–Crippen MR) is 43.1 cm³/mol. The van der Waals surface area contributed by atoms with E-state index in [0.29, 0.717) is 0 Å². The van der Waals surface area contributed by atoms with Crippen molar-refractivity contribution < 1.29 is 1.37 Å². The van der Waals surface area contributed by atoms with Crippen LogP contribution in [-0.2, 0) is 0 Å². The predicted octanol–water partition coefficient (Wildman–Crippen LogP) is 2.02. The number of nitrogens with zero attached hydrogens (tertiary/aromatic N) is 1. The molecule has 0 radical (unpaired) electrons. The molecule has 1 atom stereocenters. The van der Waals surface area contributed by atoms with E-state index < -0.39 is 0 Å². The molecule has 1 saturated carbocycles. The zero-order chi connectivity index (χ0) is 7.68. The summed E-state index contributed by atoms with van der Waals surface area (Å²) in [5.41, 5.74) is 0. The highest BCUT2D eigenvalue weighted by molar-refractivity contribution is 4.80. The van der Waals surface area contributed by atoms with E-state index in [4.69, 9.17) is 1.37 Å². The molecule has 2 fully saturated rings. The van der Waals surface area contributed by atoms with Gasteiger partial charge in [0.2, 0.25) is 0 Å². The smallest absolute Gasteiger partial charge is 0.0280 e. The second-order valence-corrected chi connectivity index (χ2v) is 3.51. The third-order valence-electron chi connectivity index (χ3n) is 2.83. The monoisotopic (exact) mass is 140 g/mol. The zero-order valence-corrected chi connectivity index (χ0v) is 6.55. The highest BCUT2D eigenvalue weighted by Gasteiger charge is 2.24. The van der Waals surface area contributed by atoms with Gasteiger partial charge in [-0.1, -0.05) is 12.8 Å². The Morgan fingerprint density at radius 1 is 1.10 bits per heavy atom. The summed E-state index contributed by atoms with van der Waals surface area (Å²) in [4.78, 5) is 2.53. The largest absolute Gasteiger partial charge is 0.300 e. The molecule has 1 saturated heterocycles. The first-order valence-corrected chi connectivity index (χ1v) is 4.52. The molecule has 0 aromatic carbocycles. The van der Waals surface area contributed by atoms with Crippen molar-refractivity contribution in [3.8, 4) is 0 Å². The SMILES string of the molecule is [2H]C1CCN(C2CCCC2)C1. The fraction of sp³-hybridized carbons (Fsp3) is 1.00. The van der Waals surface area contributed by atoms with Crippen LogP contribution in [-0.4, -0.2) is 24.0 Å². The van der Waals surface area contributed by atoms with Gasteiger partial charge in [-0.2, -0.15) is 0 Å². The van der Waals surface area contributed by atoms with Crippen LogP contribution in [0.4, 0.5) is 0 Å². The quantitative estimate of drug-likeness (QED) is 0.538. The van der Waals surface area contributed by atoms with Crippen molar-refractivity contribution in [1.82, 2.24) is 4.90 Å². The summed E-state index contributed by atoms with van der Waals surface area (Å²) in [5, 5.41) is 0. The van der Waals surface area contributed by atoms with Gasteiger partial charge in [0.05, 0.1) is 0 Å². The molecule has 10 heavy (non-hydrogen) atoms. The normalized spacial score (nSPS) is 38.8. The third-order valence-corrected chi connectivity index (χ3v) is 2.83. The van der Waals surface area contributed by atoms with Gasteiger partial charge >= 0.3 is 0 Å². The summed E-state index contributed by atoms with van der Waals surface area (Å²) in [5.74, 6) is 0. The minimum atomic E-state index is 0.218. The summed E-state index contributed by atoms with van der Waals surface area (Å²) >= 11 is 0. The van der Waals surface area contributed by atoms with Gasteiger partial charge < -0.3 is 4.90 Å².